The van der Waals surface area contributed by atoms with Crippen LogP contribution < -0.4 is 5.32 Å². The first-order valence-corrected chi connectivity index (χ1v) is 4.48. The first kappa shape index (κ1) is 11.2. The number of anilines is 1. The lowest BCUT2D eigenvalue weighted by molar-refractivity contribution is 0.0726. The molecule has 0 saturated heterocycles. The monoisotopic (exact) mass is 217 g/mol. The SMILES string of the molecule is COCC(O)CNc1ncc(Cl)cn1. The van der Waals surface area contributed by atoms with Gasteiger partial charge < -0.3 is 15.2 Å². The molecule has 0 saturated carbocycles. The van der Waals surface area contributed by atoms with E-state index in [1.54, 1.807) is 0 Å². The number of aromatic nitrogens is 2. The van der Waals surface area contributed by atoms with Crippen molar-refractivity contribution in [2.24, 2.45) is 0 Å². The zero-order chi connectivity index (χ0) is 10.4. The van der Waals surface area contributed by atoms with Gasteiger partial charge in [-0.3, -0.25) is 0 Å². The Morgan fingerprint density at radius 2 is 2.21 bits per heavy atom. The van der Waals surface area contributed by atoms with E-state index in [9.17, 15) is 5.11 Å². The van der Waals surface area contributed by atoms with Gasteiger partial charge in [-0.2, -0.15) is 0 Å². The van der Waals surface area contributed by atoms with E-state index in [2.05, 4.69) is 15.3 Å². The fourth-order valence-electron chi connectivity index (χ4n) is 0.864. The number of hydrogen-bond acceptors (Lipinski definition) is 5. The van der Waals surface area contributed by atoms with Gasteiger partial charge in [0.2, 0.25) is 5.95 Å². The minimum Gasteiger partial charge on any atom is -0.389 e. The maximum absolute atomic E-state index is 9.30. The van der Waals surface area contributed by atoms with Crippen molar-refractivity contribution in [2.45, 2.75) is 6.10 Å². The number of aliphatic hydroxyl groups excluding tert-OH is 1. The summed E-state index contributed by atoms with van der Waals surface area (Å²) < 4.78 is 4.76. The minimum absolute atomic E-state index is 0.278. The number of nitrogens with zero attached hydrogens (tertiary/aromatic N) is 2. The van der Waals surface area contributed by atoms with Crippen molar-refractivity contribution in [3.8, 4) is 0 Å². The molecule has 14 heavy (non-hydrogen) atoms. The number of nitrogens with one attached hydrogen (secondary N) is 1. The van der Waals surface area contributed by atoms with E-state index in [1.165, 1.54) is 19.5 Å². The van der Waals surface area contributed by atoms with Crippen molar-refractivity contribution in [3.05, 3.63) is 17.4 Å². The smallest absolute Gasteiger partial charge is 0.222 e. The van der Waals surface area contributed by atoms with Crippen LogP contribution in [0.5, 0.6) is 0 Å². The molecule has 1 aromatic heterocycles. The van der Waals surface area contributed by atoms with E-state index in [1.807, 2.05) is 0 Å². The Kier molecular flexibility index (Phi) is 4.58. The highest BCUT2D eigenvalue weighted by atomic mass is 35.5. The third-order valence-corrected chi connectivity index (χ3v) is 1.67. The van der Waals surface area contributed by atoms with Crippen molar-refractivity contribution in [3.63, 3.8) is 0 Å². The summed E-state index contributed by atoms with van der Waals surface area (Å²) in [5.41, 5.74) is 0. The molecule has 1 rings (SSSR count). The first-order chi connectivity index (χ1) is 6.72. The Hall–Kier alpha value is -0.910. The summed E-state index contributed by atoms with van der Waals surface area (Å²) in [6.07, 6.45) is 2.40. The number of methoxy groups -OCH3 is 1. The molecule has 0 aromatic carbocycles. The van der Waals surface area contributed by atoms with Crippen LogP contribution in [0.4, 0.5) is 5.95 Å². The van der Waals surface area contributed by atoms with Gasteiger partial charge in [0.25, 0.3) is 0 Å². The topological polar surface area (TPSA) is 67.3 Å². The van der Waals surface area contributed by atoms with Gasteiger partial charge in [0.15, 0.2) is 0 Å². The van der Waals surface area contributed by atoms with Gasteiger partial charge in [-0.15, -0.1) is 0 Å². The Morgan fingerprint density at radius 1 is 1.57 bits per heavy atom. The second kappa shape index (κ2) is 5.74. The van der Waals surface area contributed by atoms with Crippen LogP contribution in [0.1, 0.15) is 0 Å². The van der Waals surface area contributed by atoms with Gasteiger partial charge in [-0.05, 0) is 0 Å². The van der Waals surface area contributed by atoms with Gasteiger partial charge in [-0.1, -0.05) is 11.6 Å². The Balaban J connectivity index is 2.34. The average Bonchev–Trinajstić information content (AvgIpc) is 2.17. The highest BCUT2D eigenvalue weighted by molar-refractivity contribution is 6.30. The molecule has 0 spiro atoms. The highest BCUT2D eigenvalue weighted by Gasteiger charge is 2.03. The van der Waals surface area contributed by atoms with Crippen LogP contribution >= 0.6 is 11.6 Å². The van der Waals surface area contributed by atoms with Crippen LogP contribution in [-0.4, -0.2) is 41.4 Å². The zero-order valence-corrected chi connectivity index (χ0v) is 8.53. The van der Waals surface area contributed by atoms with Crippen LogP contribution in [-0.2, 0) is 4.74 Å². The van der Waals surface area contributed by atoms with E-state index >= 15 is 0 Å². The van der Waals surface area contributed by atoms with E-state index < -0.39 is 6.10 Å². The third-order valence-electron chi connectivity index (χ3n) is 1.48. The molecule has 1 unspecified atom stereocenters. The summed E-state index contributed by atoms with van der Waals surface area (Å²) in [5.74, 6) is 0.435. The lowest BCUT2D eigenvalue weighted by Gasteiger charge is -2.09. The van der Waals surface area contributed by atoms with Crippen LogP contribution in [0.15, 0.2) is 12.4 Å². The number of halogens is 1. The van der Waals surface area contributed by atoms with Crippen molar-refractivity contribution in [1.29, 1.82) is 0 Å². The molecule has 0 amide bonds. The van der Waals surface area contributed by atoms with E-state index in [4.69, 9.17) is 16.3 Å². The van der Waals surface area contributed by atoms with Crippen LogP contribution in [0.25, 0.3) is 0 Å². The third kappa shape index (κ3) is 3.87. The second-order valence-corrected chi connectivity index (χ2v) is 3.15. The molecular weight excluding hydrogens is 206 g/mol. The lowest BCUT2D eigenvalue weighted by atomic mass is 10.4. The zero-order valence-electron chi connectivity index (χ0n) is 7.77. The van der Waals surface area contributed by atoms with Gasteiger partial charge in [0.1, 0.15) is 0 Å². The highest BCUT2D eigenvalue weighted by Crippen LogP contribution is 2.05. The fraction of sp³-hybridized carbons (Fsp3) is 0.500. The lowest BCUT2D eigenvalue weighted by Crippen LogP contribution is -2.24. The van der Waals surface area contributed by atoms with E-state index in [0.29, 0.717) is 17.5 Å². The quantitative estimate of drug-likeness (QED) is 0.754. The molecule has 5 nitrogen and oxygen atoms in total. The van der Waals surface area contributed by atoms with E-state index in [-0.39, 0.29) is 6.61 Å². The maximum Gasteiger partial charge on any atom is 0.222 e. The summed E-state index contributed by atoms with van der Waals surface area (Å²) in [5, 5.41) is 12.6. The molecule has 6 heteroatoms. The molecule has 0 radical (unpaired) electrons. The average molecular weight is 218 g/mol. The van der Waals surface area contributed by atoms with Crippen molar-refractivity contribution < 1.29 is 9.84 Å². The van der Waals surface area contributed by atoms with Gasteiger partial charge in [-0.25, -0.2) is 9.97 Å². The normalized spacial score (nSPS) is 12.5. The van der Waals surface area contributed by atoms with E-state index in [0.717, 1.165) is 0 Å². The molecule has 1 heterocycles. The van der Waals surface area contributed by atoms with Crippen LogP contribution in [0, 0.1) is 0 Å². The molecule has 0 aliphatic heterocycles. The van der Waals surface area contributed by atoms with Gasteiger partial charge in [0, 0.05) is 13.7 Å². The predicted octanol–water partition coefficient (Wildman–Crippen LogP) is 0.549. The Labute approximate surface area is 87.1 Å². The largest absolute Gasteiger partial charge is 0.389 e. The predicted molar refractivity (Wildman–Crippen MR) is 53.4 cm³/mol. The number of rotatable bonds is 5. The van der Waals surface area contributed by atoms with Crippen molar-refractivity contribution in [2.75, 3.05) is 25.6 Å². The molecular formula is C8H12ClN3O2. The molecule has 0 aliphatic carbocycles. The van der Waals surface area contributed by atoms with Gasteiger partial charge in [0.05, 0.1) is 30.1 Å². The fourth-order valence-corrected chi connectivity index (χ4v) is 0.962. The molecule has 0 aliphatic rings. The molecule has 0 bridgehead atoms. The maximum atomic E-state index is 9.30. The van der Waals surface area contributed by atoms with Crippen molar-refractivity contribution in [1.82, 2.24) is 9.97 Å². The first-order valence-electron chi connectivity index (χ1n) is 4.11. The summed E-state index contributed by atoms with van der Waals surface area (Å²) in [6.45, 7) is 0.621. The van der Waals surface area contributed by atoms with Crippen LogP contribution in [0.3, 0.4) is 0 Å². The summed E-state index contributed by atoms with van der Waals surface area (Å²) >= 11 is 5.60. The van der Waals surface area contributed by atoms with Gasteiger partial charge >= 0.3 is 0 Å². The molecule has 1 aromatic rings. The number of ether oxygens (including phenoxy) is 1. The summed E-state index contributed by atoms with van der Waals surface area (Å²) in [6, 6.07) is 0. The summed E-state index contributed by atoms with van der Waals surface area (Å²) in [7, 11) is 1.53. The molecule has 2 N–H and O–H groups in total. The standard InChI is InChI=1S/C8H12ClN3O2/c1-14-5-7(13)4-12-8-10-2-6(9)3-11-8/h2-3,7,13H,4-5H2,1H3,(H,10,11,12). The number of aliphatic hydroxyl groups is 1. The van der Waals surface area contributed by atoms with Crippen LogP contribution in [0.2, 0.25) is 5.02 Å². The summed E-state index contributed by atoms with van der Waals surface area (Å²) in [4.78, 5) is 7.81. The molecule has 78 valence electrons. The molecule has 1 atom stereocenters. The molecule has 0 fully saturated rings. The van der Waals surface area contributed by atoms with Crippen molar-refractivity contribution >= 4 is 17.5 Å². The minimum atomic E-state index is -0.570. The Bertz CT molecular complexity index is 268. The number of hydrogen-bond donors (Lipinski definition) is 2. The Morgan fingerprint density at radius 3 is 2.79 bits per heavy atom. The second-order valence-electron chi connectivity index (χ2n) is 2.71.